The van der Waals surface area contributed by atoms with E-state index >= 15 is 0 Å². The Balaban J connectivity index is 1.91. The van der Waals surface area contributed by atoms with Gasteiger partial charge in [0, 0.05) is 12.7 Å². The third-order valence-electron chi connectivity index (χ3n) is 2.69. The van der Waals surface area contributed by atoms with Gasteiger partial charge in [0.25, 0.3) is 0 Å². The Hall–Kier alpha value is -1.56. The van der Waals surface area contributed by atoms with E-state index in [9.17, 15) is 0 Å². The molecule has 0 unspecified atom stereocenters. The van der Waals surface area contributed by atoms with Crippen LogP contribution in [0, 0.1) is 17.2 Å². The molecule has 0 bridgehead atoms. The Morgan fingerprint density at radius 2 is 2.43 bits per heavy atom. The molecule has 1 heterocycles. The molecular formula is C11H13N3. The van der Waals surface area contributed by atoms with Crippen LogP contribution in [0.1, 0.15) is 24.8 Å². The van der Waals surface area contributed by atoms with Crippen molar-refractivity contribution in [3.63, 3.8) is 0 Å². The molecule has 3 heteroatoms. The van der Waals surface area contributed by atoms with E-state index in [1.165, 1.54) is 19.3 Å². The molecule has 14 heavy (non-hydrogen) atoms. The first-order valence-electron chi connectivity index (χ1n) is 4.98. The summed E-state index contributed by atoms with van der Waals surface area (Å²) in [6.45, 7) is 0.988. The lowest BCUT2D eigenvalue weighted by molar-refractivity contribution is 0.333. The highest BCUT2D eigenvalue weighted by Crippen LogP contribution is 2.26. The van der Waals surface area contributed by atoms with Crippen LogP contribution in [0.5, 0.6) is 0 Å². The molecule has 1 aliphatic rings. The molecule has 0 saturated heterocycles. The van der Waals surface area contributed by atoms with E-state index in [1.54, 1.807) is 18.3 Å². The summed E-state index contributed by atoms with van der Waals surface area (Å²) in [5, 5.41) is 12.0. The molecule has 0 spiro atoms. The van der Waals surface area contributed by atoms with Crippen LogP contribution in [0.4, 0.5) is 5.82 Å². The fourth-order valence-electron chi connectivity index (χ4n) is 1.54. The van der Waals surface area contributed by atoms with Gasteiger partial charge in [0.15, 0.2) is 0 Å². The summed E-state index contributed by atoms with van der Waals surface area (Å²) < 4.78 is 0. The van der Waals surface area contributed by atoms with Crippen molar-refractivity contribution in [2.24, 2.45) is 5.92 Å². The Morgan fingerprint density at radius 1 is 1.57 bits per heavy atom. The molecule has 0 amide bonds. The van der Waals surface area contributed by atoms with Crippen molar-refractivity contribution in [3.05, 3.63) is 23.9 Å². The molecule has 2 rings (SSSR count). The molecule has 1 aromatic rings. The van der Waals surface area contributed by atoms with Gasteiger partial charge in [-0.2, -0.15) is 5.26 Å². The molecule has 0 atom stereocenters. The zero-order chi connectivity index (χ0) is 9.80. The van der Waals surface area contributed by atoms with Gasteiger partial charge in [-0.1, -0.05) is 6.42 Å². The molecule has 1 aromatic heterocycles. The summed E-state index contributed by atoms with van der Waals surface area (Å²) in [4.78, 5) is 4.16. The number of anilines is 1. The third kappa shape index (κ3) is 2.02. The van der Waals surface area contributed by atoms with E-state index in [0.717, 1.165) is 18.3 Å². The fraction of sp³-hybridized carbons (Fsp3) is 0.455. The van der Waals surface area contributed by atoms with E-state index in [2.05, 4.69) is 16.4 Å². The lowest BCUT2D eigenvalue weighted by Crippen LogP contribution is -2.21. The summed E-state index contributed by atoms with van der Waals surface area (Å²) in [5.74, 6) is 1.62. The predicted octanol–water partition coefficient (Wildman–Crippen LogP) is 2.17. The second-order valence-electron chi connectivity index (χ2n) is 3.72. The Bertz CT molecular complexity index is 350. The Morgan fingerprint density at radius 3 is 3.07 bits per heavy atom. The maximum Gasteiger partial charge on any atom is 0.127 e. The van der Waals surface area contributed by atoms with Crippen LogP contribution in [-0.4, -0.2) is 11.5 Å². The maximum atomic E-state index is 8.69. The first-order valence-corrected chi connectivity index (χ1v) is 4.98. The quantitative estimate of drug-likeness (QED) is 0.788. The van der Waals surface area contributed by atoms with Gasteiger partial charge in [0.1, 0.15) is 5.82 Å². The molecular weight excluding hydrogens is 174 g/mol. The number of pyridine rings is 1. The van der Waals surface area contributed by atoms with Crippen LogP contribution in [0.3, 0.4) is 0 Å². The van der Waals surface area contributed by atoms with Crippen LogP contribution in [0.25, 0.3) is 0 Å². The number of hydrogen-bond donors (Lipinski definition) is 1. The van der Waals surface area contributed by atoms with Crippen molar-refractivity contribution in [3.8, 4) is 6.07 Å². The lowest BCUT2D eigenvalue weighted by atomic mass is 9.85. The maximum absolute atomic E-state index is 8.69. The van der Waals surface area contributed by atoms with Gasteiger partial charge in [0.05, 0.1) is 11.6 Å². The van der Waals surface area contributed by atoms with E-state index in [1.807, 2.05) is 0 Å². The molecule has 0 radical (unpaired) electrons. The number of nitrogens with zero attached hydrogens (tertiary/aromatic N) is 2. The van der Waals surface area contributed by atoms with Gasteiger partial charge in [0.2, 0.25) is 0 Å². The minimum atomic E-state index is 0.663. The van der Waals surface area contributed by atoms with Crippen molar-refractivity contribution < 1.29 is 0 Å². The van der Waals surface area contributed by atoms with Crippen LogP contribution >= 0.6 is 0 Å². The number of rotatable bonds is 3. The summed E-state index contributed by atoms with van der Waals surface area (Å²) >= 11 is 0. The fourth-order valence-corrected chi connectivity index (χ4v) is 1.54. The molecule has 72 valence electrons. The normalized spacial score (nSPS) is 15.6. The number of aromatic nitrogens is 1. The van der Waals surface area contributed by atoms with E-state index in [-0.39, 0.29) is 0 Å². The zero-order valence-electron chi connectivity index (χ0n) is 8.03. The van der Waals surface area contributed by atoms with Gasteiger partial charge < -0.3 is 5.32 Å². The van der Waals surface area contributed by atoms with Gasteiger partial charge in [-0.3, -0.25) is 0 Å². The lowest BCUT2D eigenvalue weighted by Gasteiger charge is -2.25. The van der Waals surface area contributed by atoms with Crippen LogP contribution in [0.15, 0.2) is 18.3 Å². The van der Waals surface area contributed by atoms with Crippen molar-refractivity contribution in [2.75, 3.05) is 11.9 Å². The number of nitriles is 1. The highest BCUT2D eigenvalue weighted by Gasteiger charge is 2.16. The Kier molecular flexibility index (Phi) is 2.64. The molecule has 1 fully saturated rings. The standard InChI is InChI=1S/C11H13N3/c12-7-10-4-5-13-11(6-10)14-8-9-2-1-3-9/h4-6,9H,1-3,8H2,(H,13,14). The largest absolute Gasteiger partial charge is 0.370 e. The Labute approximate surface area is 83.8 Å². The van der Waals surface area contributed by atoms with Gasteiger partial charge in [-0.15, -0.1) is 0 Å². The van der Waals surface area contributed by atoms with Crippen molar-refractivity contribution in [1.29, 1.82) is 5.26 Å². The second kappa shape index (κ2) is 4.10. The molecule has 1 saturated carbocycles. The van der Waals surface area contributed by atoms with Crippen molar-refractivity contribution in [2.45, 2.75) is 19.3 Å². The predicted molar refractivity (Wildman–Crippen MR) is 54.8 cm³/mol. The molecule has 1 N–H and O–H groups in total. The average molecular weight is 187 g/mol. The molecule has 1 aliphatic carbocycles. The summed E-state index contributed by atoms with van der Waals surface area (Å²) in [7, 11) is 0. The monoisotopic (exact) mass is 187 g/mol. The summed E-state index contributed by atoms with van der Waals surface area (Å²) in [5.41, 5.74) is 0.663. The number of hydrogen-bond acceptors (Lipinski definition) is 3. The van der Waals surface area contributed by atoms with E-state index in [4.69, 9.17) is 5.26 Å². The highest BCUT2D eigenvalue weighted by atomic mass is 15.0. The average Bonchev–Trinajstić information content (AvgIpc) is 2.16. The van der Waals surface area contributed by atoms with Crippen molar-refractivity contribution in [1.82, 2.24) is 4.98 Å². The van der Waals surface area contributed by atoms with Crippen LogP contribution in [0.2, 0.25) is 0 Å². The highest BCUT2D eigenvalue weighted by molar-refractivity contribution is 5.42. The van der Waals surface area contributed by atoms with E-state index < -0.39 is 0 Å². The SMILES string of the molecule is N#Cc1ccnc(NCC2CCC2)c1. The molecule has 0 aromatic carbocycles. The van der Waals surface area contributed by atoms with Gasteiger partial charge >= 0.3 is 0 Å². The van der Waals surface area contributed by atoms with Crippen LogP contribution < -0.4 is 5.32 Å². The van der Waals surface area contributed by atoms with Crippen molar-refractivity contribution >= 4 is 5.82 Å². The van der Waals surface area contributed by atoms with Gasteiger partial charge in [-0.05, 0) is 30.9 Å². The minimum Gasteiger partial charge on any atom is -0.370 e. The summed E-state index contributed by atoms with van der Waals surface area (Å²) in [6, 6.07) is 5.61. The third-order valence-corrected chi connectivity index (χ3v) is 2.69. The first kappa shape index (κ1) is 9.01. The number of nitrogens with one attached hydrogen (secondary N) is 1. The smallest absolute Gasteiger partial charge is 0.127 e. The first-order chi connectivity index (χ1) is 6.88. The minimum absolute atomic E-state index is 0.663. The van der Waals surface area contributed by atoms with Crippen LogP contribution in [-0.2, 0) is 0 Å². The topological polar surface area (TPSA) is 48.7 Å². The molecule has 0 aliphatic heterocycles. The second-order valence-corrected chi connectivity index (χ2v) is 3.72. The van der Waals surface area contributed by atoms with Gasteiger partial charge in [-0.25, -0.2) is 4.98 Å². The summed E-state index contributed by atoms with van der Waals surface area (Å²) in [6.07, 6.45) is 5.68. The zero-order valence-corrected chi connectivity index (χ0v) is 8.03. The van der Waals surface area contributed by atoms with E-state index in [0.29, 0.717) is 5.56 Å². The molecule has 3 nitrogen and oxygen atoms in total.